The van der Waals surface area contributed by atoms with Crippen LogP contribution in [0.1, 0.15) is 11.1 Å². The van der Waals surface area contributed by atoms with Crippen LogP contribution >= 0.6 is 0 Å². The van der Waals surface area contributed by atoms with Gasteiger partial charge in [0.15, 0.2) is 0 Å². The van der Waals surface area contributed by atoms with Gasteiger partial charge in [-0.05, 0) is 11.1 Å². The first-order valence-electron chi connectivity index (χ1n) is 8.50. The second-order valence-corrected chi connectivity index (χ2v) is 6.10. The molecule has 0 spiro atoms. The average molecular weight is 320 g/mol. The zero-order chi connectivity index (χ0) is 16.5. The summed E-state index contributed by atoms with van der Waals surface area (Å²) >= 11 is 0. The normalized spacial score (nSPS) is 19.5. The van der Waals surface area contributed by atoms with E-state index in [0.29, 0.717) is 25.0 Å². The summed E-state index contributed by atoms with van der Waals surface area (Å²) in [6, 6.07) is 20.6. The van der Waals surface area contributed by atoms with Crippen LogP contribution in [0.2, 0.25) is 0 Å². The lowest BCUT2D eigenvalue weighted by Crippen LogP contribution is -2.22. The first-order valence-corrected chi connectivity index (χ1v) is 8.50. The molecule has 0 radical (unpaired) electrons. The Balaban J connectivity index is 1.43. The van der Waals surface area contributed by atoms with Crippen LogP contribution in [-0.4, -0.2) is 13.2 Å². The summed E-state index contributed by atoms with van der Waals surface area (Å²) in [5.41, 5.74) is 2.43. The molecule has 2 nitrogen and oxygen atoms in total. The molecule has 0 heterocycles. The minimum Gasteiger partial charge on any atom is -0.376 e. The lowest BCUT2D eigenvalue weighted by Gasteiger charge is -2.24. The summed E-state index contributed by atoms with van der Waals surface area (Å²) < 4.78 is 11.8. The quantitative estimate of drug-likeness (QED) is 0.697. The maximum atomic E-state index is 5.91. The third kappa shape index (κ3) is 5.19. The molecule has 3 rings (SSSR count). The Labute approximate surface area is 144 Å². The molecule has 0 aliphatic heterocycles. The molecular formula is C22H24O2. The molecule has 0 aromatic heterocycles. The standard InChI is InChI=1S/C22H24O2/c1-3-9-19(10-4-1)15-23-17-21-13-7-8-14-22(21)18-24-16-20-11-5-2-6-12-20/h1-14,21-22H,15-18H2/t21-,22+. The van der Waals surface area contributed by atoms with Crippen molar-refractivity contribution in [1.29, 1.82) is 0 Å². The molecule has 24 heavy (non-hydrogen) atoms. The van der Waals surface area contributed by atoms with Gasteiger partial charge in [0.1, 0.15) is 0 Å². The number of hydrogen-bond donors (Lipinski definition) is 0. The van der Waals surface area contributed by atoms with E-state index < -0.39 is 0 Å². The predicted molar refractivity (Wildman–Crippen MR) is 97.5 cm³/mol. The molecule has 0 saturated heterocycles. The molecule has 2 heteroatoms. The van der Waals surface area contributed by atoms with Crippen molar-refractivity contribution in [3.8, 4) is 0 Å². The van der Waals surface area contributed by atoms with Gasteiger partial charge in [-0.3, -0.25) is 0 Å². The van der Waals surface area contributed by atoms with E-state index in [1.165, 1.54) is 11.1 Å². The number of benzene rings is 2. The third-order valence-corrected chi connectivity index (χ3v) is 4.22. The van der Waals surface area contributed by atoms with Crippen LogP contribution in [0.3, 0.4) is 0 Å². The molecule has 2 aromatic carbocycles. The van der Waals surface area contributed by atoms with E-state index in [9.17, 15) is 0 Å². The summed E-state index contributed by atoms with van der Waals surface area (Å²) in [6.45, 7) is 2.75. The zero-order valence-corrected chi connectivity index (χ0v) is 13.9. The first-order chi connectivity index (χ1) is 11.9. The van der Waals surface area contributed by atoms with Gasteiger partial charge in [-0.25, -0.2) is 0 Å². The largest absolute Gasteiger partial charge is 0.376 e. The van der Waals surface area contributed by atoms with Crippen molar-refractivity contribution >= 4 is 0 Å². The van der Waals surface area contributed by atoms with Crippen molar-refractivity contribution < 1.29 is 9.47 Å². The van der Waals surface area contributed by atoms with Gasteiger partial charge in [0.05, 0.1) is 26.4 Å². The van der Waals surface area contributed by atoms with Gasteiger partial charge in [-0.2, -0.15) is 0 Å². The molecule has 0 amide bonds. The second kappa shape index (κ2) is 9.21. The number of rotatable bonds is 8. The first kappa shape index (κ1) is 16.7. The Morgan fingerprint density at radius 1 is 0.583 bits per heavy atom. The van der Waals surface area contributed by atoms with Crippen molar-refractivity contribution in [1.82, 2.24) is 0 Å². The lowest BCUT2D eigenvalue weighted by molar-refractivity contribution is 0.0490. The predicted octanol–water partition coefficient (Wildman–Crippen LogP) is 4.78. The molecule has 124 valence electrons. The van der Waals surface area contributed by atoms with E-state index in [1.807, 2.05) is 36.4 Å². The monoisotopic (exact) mass is 320 g/mol. The summed E-state index contributed by atoms with van der Waals surface area (Å²) in [6.07, 6.45) is 8.65. The Morgan fingerprint density at radius 3 is 1.42 bits per heavy atom. The summed E-state index contributed by atoms with van der Waals surface area (Å²) in [5.74, 6) is 0.740. The molecule has 0 fully saturated rings. The molecule has 1 aliphatic rings. The molecule has 1 aliphatic carbocycles. The van der Waals surface area contributed by atoms with Gasteiger partial charge in [-0.15, -0.1) is 0 Å². The van der Waals surface area contributed by atoms with E-state index in [1.54, 1.807) is 0 Å². The summed E-state index contributed by atoms with van der Waals surface area (Å²) in [7, 11) is 0. The van der Waals surface area contributed by atoms with Gasteiger partial charge >= 0.3 is 0 Å². The highest BCUT2D eigenvalue weighted by atomic mass is 16.5. The van der Waals surface area contributed by atoms with E-state index in [2.05, 4.69) is 48.6 Å². The minimum absolute atomic E-state index is 0.370. The third-order valence-electron chi connectivity index (χ3n) is 4.22. The van der Waals surface area contributed by atoms with Crippen molar-refractivity contribution in [2.75, 3.05) is 13.2 Å². The van der Waals surface area contributed by atoms with E-state index in [-0.39, 0.29) is 0 Å². The van der Waals surface area contributed by atoms with Crippen LogP contribution in [0.25, 0.3) is 0 Å². The van der Waals surface area contributed by atoms with E-state index >= 15 is 0 Å². The summed E-state index contributed by atoms with van der Waals surface area (Å²) in [5, 5.41) is 0. The zero-order valence-electron chi connectivity index (χ0n) is 13.9. The maximum absolute atomic E-state index is 5.91. The van der Waals surface area contributed by atoms with Gasteiger partial charge in [0.2, 0.25) is 0 Å². The number of ether oxygens (including phenoxy) is 2. The highest BCUT2D eigenvalue weighted by Gasteiger charge is 2.19. The van der Waals surface area contributed by atoms with Gasteiger partial charge in [0, 0.05) is 11.8 Å². The number of allylic oxidation sites excluding steroid dienone is 2. The van der Waals surface area contributed by atoms with Crippen LogP contribution in [0.4, 0.5) is 0 Å². The fraction of sp³-hybridized carbons (Fsp3) is 0.273. The van der Waals surface area contributed by atoms with Crippen molar-refractivity contribution in [2.45, 2.75) is 13.2 Å². The van der Waals surface area contributed by atoms with Crippen LogP contribution in [0.15, 0.2) is 85.0 Å². The van der Waals surface area contributed by atoms with Gasteiger partial charge in [-0.1, -0.05) is 85.0 Å². The van der Waals surface area contributed by atoms with Crippen LogP contribution in [-0.2, 0) is 22.7 Å². The fourth-order valence-electron chi connectivity index (χ4n) is 2.83. The van der Waals surface area contributed by atoms with Gasteiger partial charge in [0.25, 0.3) is 0 Å². The van der Waals surface area contributed by atoms with Gasteiger partial charge < -0.3 is 9.47 Å². The molecule has 2 aromatic rings. The minimum atomic E-state index is 0.370. The Hall–Kier alpha value is -2.16. The van der Waals surface area contributed by atoms with E-state index in [0.717, 1.165) is 13.2 Å². The van der Waals surface area contributed by atoms with Crippen LogP contribution < -0.4 is 0 Å². The van der Waals surface area contributed by atoms with Crippen molar-refractivity contribution in [3.63, 3.8) is 0 Å². The lowest BCUT2D eigenvalue weighted by atomic mass is 9.90. The highest BCUT2D eigenvalue weighted by Crippen LogP contribution is 2.21. The highest BCUT2D eigenvalue weighted by molar-refractivity contribution is 5.16. The van der Waals surface area contributed by atoms with Crippen molar-refractivity contribution in [2.24, 2.45) is 11.8 Å². The molecular weight excluding hydrogens is 296 g/mol. The number of hydrogen-bond acceptors (Lipinski definition) is 2. The molecule has 0 N–H and O–H groups in total. The van der Waals surface area contributed by atoms with E-state index in [4.69, 9.17) is 9.47 Å². The van der Waals surface area contributed by atoms with Crippen LogP contribution in [0.5, 0.6) is 0 Å². The second-order valence-electron chi connectivity index (χ2n) is 6.10. The Bertz CT molecular complexity index is 587. The molecule has 0 unspecified atom stereocenters. The Kier molecular flexibility index (Phi) is 6.41. The topological polar surface area (TPSA) is 18.5 Å². The fourth-order valence-corrected chi connectivity index (χ4v) is 2.83. The SMILES string of the molecule is C1=C[C@H](COCc2ccccc2)[C@H](COCc2ccccc2)C=C1. The van der Waals surface area contributed by atoms with Crippen molar-refractivity contribution in [3.05, 3.63) is 96.1 Å². The molecule has 2 atom stereocenters. The molecule has 0 bridgehead atoms. The summed E-state index contributed by atoms with van der Waals surface area (Å²) in [4.78, 5) is 0. The van der Waals surface area contributed by atoms with Crippen LogP contribution in [0, 0.1) is 11.8 Å². The Morgan fingerprint density at radius 2 is 1.00 bits per heavy atom. The average Bonchev–Trinajstić information content (AvgIpc) is 2.65. The maximum Gasteiger partial charge on any atom is 0.0717 e. The smallest absolute Gasteiger partial charge is 0.0717 e. The molecule has 0 saturated carbocycles.